The van der Waals surface area contributed by atoms with E-state index < -0.39 is 0 Å². The summed E-state index contributed by atoms with van der Waals surface area (Å²) in [6, 6.07) is 0. The van der Waals surface area contributed by atoms with Crippen LogP contribution in [-0.4, -0.2) is 17.4 Å². The zero-order chi connectivity index (χ0) is 9.97. The summed E-state index contributed by atoms with van der Waals surface area (Å²) in [6.45, 7) is 2.72. The van der Waals surface area contributed by atoms with Gasteiger partial charge in [0.05, 0.1) is 5.01 Å². The largest absolute Gasteiger partial charge is 0.350 e. The van der Waals surface area contributed by atoms with E-state index in [1.54, 1.807) is 0 Å². The second-order valence-electron chi connectivity index (χ2n) is 3.76. The lowest BCUT2D eigenvalue weighted by atomic mass is 9.85. The first-order chi connectivity index (χ1) is 6.75. The molecule has 14 heavy (non-hydrogen) atoms. The van der Waals surface area contributed by atoms with Gasteiger partial charge in [-0.05, 0) is 25.7 Å². The van der Waals surface area contributed by atoms with Crippen LogP contribution in [0, 0.1) is 12.8 Å². The molecule has 1 fully saturated rings. The van der Waals surface area contributed by atoms with Crippen LogP contribution in [0.3, 0.4) is 0 Å². The summed E-state index contributed by atoms with van der Waals surface area (Å²) in [5.41, 5.74) is 0.562. The van der Waals surface area contributed by atoms with Crippen LogP contribution in [0.15, 0.2) is 5.38 Å². The van der Waals surface area contributed by atoms with E-state index in [2.05, 4.69) is 10.3 Å². The van der Waals surface area contributed by atoms with E-state index in [0.29, 0.717) is 11.6 Å². The number of thiazole rings is 1. The van der Waals surface area contributed by atoms with E-state index in [9.17, 15) is 4.79 Å². The Hall–Kier alpha value is -0.900. The van der Waals surface area contributed by atoms with Crippen LogP contribution in [0.5, 0.6) is 0 Å². The Morgan fingerprint density at radius 3 is 3.00 bits per heavy atom. The first kappa shape index (κ1) is 9.65. The number of amides is 1. The Labute approximate surface area is 87.6 Å². The van der Waals surface area contributed by atoms with Gasteiger partial charge in [0.2, 0.25) is 0 Å². The molecule has 0 unspecified atom stereocenters. The van der Waals surface area contributed by atoms with E-state index >= 15 is 0 Å². The zero-order valence-electron chi connectivity index (χ0n) is 8.25. The van der Waals surface area contributed by atoms with Crippen LogP contribution in [-0.2, 0) is 0 Å². The molecular formula is C10H14N2OS. The summed E-state index contributed by atoms with van der Waals surface area (Å²) in [5, 5.41) is 5.67. The number of hydrogen-bond donors (Lipinski definition) is 1. The number of hydrogen-bond acceptors (Lipinski definition) is 3. The lowest BCUT2D eigenvalue weighted by Crippen LogP contribution is -2.32. The lowest BCUT2D eigenvalue weighted by Gasteiger charge is -2.25. The van der Waals surface area contributed by atoms with E-state index in [0.717, 1.165) is 11.6 Å². The van der Waals surface area contributed by atoms with Crippen molar-refractivity contribution in [1.82, 2.24) is 10.3 Å². The third kappa shape index (κ3) is 2.12. The highest BCUT2D eigenvalue weighted by atomic mass is 32.1. The molecule has 1 aliphatic carbocycles. The van der Waals surface area contributed by atoms with Crippen molar-refractivity contribution in [1.29, 1.82) is 0 Å². The second kappa shape index (κ2) is 4.09. The normalized spacial score (nSPS) is 16.4. The molecule has 0 bridgehead atoms. The van der Waals surface area contributed by atoms with Crippen LogP contribution in [0.1, 0.15) is 34.8 Å². The van der Waals surface area contributed by atoms with E-state index in [1.807, 2.05) is 12.3 Å². The fourth-order valence-electron chi connectivity index (χ4n) is 1.49. The molecule has 3 nitrogen and oxygen atoms in total. The Kier molecular flexibility index (Phi) is 2.82. The number of aromatic nitrogens is 1. The minimum atomic E-state index is -0.0266. The molecule has 1 saturated carbocycles. The summed E-state index contributed by atoms with van der Waals surface area (Å²) < 4.78 is 0. The van der Waals surface area contributed by atoms with Gasteiger partial charge in [-0.15, -0.1) is 11.3 Å². The van der Waals surface area contributed by atoms with Crippen LogP contribution in [0.2, 0.25) is 0 Å². The molecule has 1 heterocycles. The van der Waals surface area contributed by atoms with Gasteiger partial charge < -0.3 is 5.32 Å². The molecule has 0 spiro atoms. The first-order valence-corrected chi connectivity index (χ1v) is 5.84. The van der Waals surface area contributed by atoms with Gasteiger partial charge in [0.1, 0.15) is 5.69 Å². The molecule has 1 aliphatic rings. The lowest BCUT2D eigenvalue weighted by molar-refractivity contribution is 0.0934. The monoisotopic (exact) mass is 210 g/mol. The average Bonchev–Trinajstić information content (AvgIpc) is 2.49. The summed E-state index contributed by atoms with van der Waals surface area (Å²) in [7, 11) is 0. The number of carbonyl (C=O) groups excluding carboxylic acids is 1. The highest BCUT2D eigenvalue weighted by Gasteiger charge is 2.18. The average molecular weight is 210 g/mol. The van der Waals surface area contributed by atoms with Gasteiger partial charge in [-0.2, -0.15) is 0 Å². The van der Waals surface area contributed by atoms with Crippen molar-refractivity contribution in [3.05, 3.63) is 16.1 Å². The van der Waals surface area contributed by atoms with Crippen molar-refractivity contribution in [3.8, 4) is 0 Å². The third-order valence-corrected chi connectivity index (χ3v) is 3.40. The van der Waals surface area contributed by atoms with E-state index in [1.165, 1.54) is 30.6 Å². The predicted octanol–water partition coefficient (Wildman–Crippen LogP) is 1.98. The molecule has 1 N–H and O–H groups in total. The van der Waals surface area contributed by atoms with Crippen LogP contribution in [0.4, 0.5) is 0 Å². The van der Waals surface area contributed by atoms with Crippen LogP contribution >= 0.6 is 11.3 Å². The summed E-state index contributed by atoms with van der Waals surface area (Å²) in [5.74, 6) is 0.680. The third-order valence-electron chi connectivity index (χ3n) is 2.63. The van der Waals surface area contributed by atoms with Crippen LogP contribution in [0.25, 0.3) is 0 Å². The van der Waals surface area contributed by atoms with E-state index in [-0.39, 0.29) is 5.91 Å². The Morgan fingerprint density at radius 1 is 1.71 bits per heavy atom. The highest BCUT2D eigenvalue weighted by molar-refractivity contribution is 7.09. The number of aryl methyl sites for hydroxylation is 1. The first-order valence-electron chi connectivity index (χ1n) is 4.96. The van der Waals surface area contributed by atoms with Gasteiger partial charge in [0, 0.05) is 11.9 Å². The maximum atomic E-state index is 11.5. The molecule has 0 aromatic carbocycles. The minimum absolute atomic E-state index is 0.0266. The Balaban J connectivity index is 1.82. The molecule has 4 heteroatoms. The van der Waals surface area contributed by atoms with Gasteiger partial charge in [0.25, 0.3) is 5.91 Å². The Morgan fingerprint density at radius 2 is 2.50 bits per heavy atom. The van der Waals surface area contributed by atoms with Crippen LogP contribution < -0.4 is 5.32 Å². The molecule has 1 aromatic rings. The maximum Gasteiger partial charge on any atom is 0.270 e. The molecule has 1 aromatic heterocycles. The smallest absolute Gasteiger partial charge is 0.270 e. The standard InChI is InChI=1S/C10H14N2OS/c1-7-12-9(6-14-7)10(13)11-5-8-3-2-4-8/h6,8H,2-5H2,1H3,(H,11,13). The van der Waals surface area contributed by atoms with Gasteiger partial charge in [0.15, 0.2) is 0 Å². The van der Waals surface area contributed by atoms with Gasteiger partial charge >= 0.3 is 0 Å². The van der Waals surface area contributed by atoms with Gasteiger partial charge in [-0.3, -0.25) is 4.79 Å². The van der Waals surface area contributed by atoms with Gasteiger partial charge in [-0.1, -0.05) is 6.42 Å². The summed E-state index contributed by atoms with van der Waals surface area (Å²) >= 11 is 1.51. The molecule has 76 valence electrons. The quantitative estimate of drug-likeness (QED) is 0.829. The number of carbonyl (C=O) groups is 1. The Bertz CT molecular complexity index is 331. The van der Waals surface area contributed by atoms with E-state index in [4.69, 9.17) is 0 Å². The summed E-state index contributed by atoms with van der Waals surface area (Å²) in [6.07, 6.45) is 3.84. The molecule has 2 rings (SSSR count). The molecule has 1 amide bonds. The minimum Gasteiger partial charge on any atom is -0.350 e. The second-order valence-corrected chi connectivity index (χ2v) is 4.82. The molecular weight excluding hydrogens is 196 g/mol. The molecule has 0 atom stereocenters. The SMILES string of the molecule is Cc1nc(C(=O)NCC2CCC2)cs1. The topological polar surface area (TPSA) is 42.0 Å². The van der Waals surface area contributed by atoms with Crippen molar-refractivity contribution < 1.29 is 4.79 Å². The number of nitrogens with one attached hydrogen (secondary N) is 1. The summed E-state index contributed by atoms with van der Waals surface area (Å²) in [4.78, 5) is 15.7. The number of rotatable bonds is 3. The van der Waals surface area contributed by atoms with Gasteiger partial charge in [-0.25, -0.2) is 4.98 Å². The molecule has 0 radical (unpaired) electrons. The van der Waals surface area contributed by atoms with Crippen molar-refractivity contribution in [2.24, 2.45) is 5.92 Å². The molecule has 0 saturated heterocycles. The number of nitrogens with zero attached hydrogens (tertiary/aromatic N) is 1. The zero-order valence-corrected chi connectivity index (χ0v) is 9.06. The maximum absolute atomic E-state index is 11.5. The fraction of sp³-hybridized carbons (Fsp3) is 0.600. The van der Waals surface area contributed by atoms with Crippen molar-refractivity contribution in [3.63, 3.8) is 0 Å². The fourth-order valence-corrected chi connectivity index (χ4v) is 2.09. The molecule has 0 aliphatic heterocycles. The predicted molar refractivity (Wildman–Crippen MR) is 56.5 cm³/mol. The van der Waals surface area contributed by atoms with Crippen molar-refractivity contribution >= 4 is 17.2 Å². The highest BCUT2D eigenvalue weighted by Crippen LogP contribution is 2.25. The van der Waals surface area contributed by atoms with Crippen molar-refractivity contribution in [2.75, 3.05) is 6.54 Å². The van der Waals surface area contributed by atoms with Crippen molar-refractivity contribution in [2.45, 2.75) is 26.2 Å².